The van der Waals surface area contributed by atoms with E-state index in [4.69, 9.17) is 5.11 Å². The van der Waals surface area contributed by atoms with Gasteiger partial charge in [-0.25, -0.2) is 0 Å². The Morgan fingerprint density at radius 3 is 2.85 bits per heavy atom. The number of rotatable bonds is 5. The Hall–Kier alpha value is -1.31. The fraction of sp³-hybridized carbons (Fsp3) is 0.364. The number of aryl methyl sites for hydroxylation is 1. The van der Waals surface area contributed by atoms with Crippen LogP contribution in [0.4, 0.5) is 0 Å². The Morgan fingerprint density at radius 2 is 2.15 bits per heavy atom. The zero-order chi connectivity index (χ0) is 9.52. The Bertz CT molecular complexity index is 269. The molecule has 0 aromatic heterocycles. The van der Waals surface area contributed by atoms with Crippen LogP contribution in [0.1, 0.15) is 24.8 Å². The Morgan fingerprint density at radius 1 is 1.31 bits per heavy atom. The summed E-state index contributed by atoms with van der Waals surface area (Å²) in [5.41, 5.74) is 1.13. The van der Waals surface area contributed by atoms with Gasteiger partial charge in [0.25, 0.3) is 0 Å². The number of benzene rings is 1. The summed E-state index contributed by atoms with van der Waals surface area (Å²) < 4.78 is 0. The molecule has 0 saturated carbocycles. The van der Waals surface area contributed by atoms with Crippen LogP contribution in [-0.4, -0.2) is 11.4 Å². The summed E-state index contributed by atoms with van der Waals surface area (Å²) in [5, 5.41) is 9.16. The van der Waals surface area contributed by atoms with Crippen molar-refractivity contribution in [3.8, 4) is 5.75 Å². The van der Waals surface area contributed by atoms with Gasteiger partial charge >= 0.3 is 0 Å². The molecule has 0 aliphatic heterocycles. The van der Waals surface area contributed by atoms with E-state index in [1.807, 2.05) is 12.1 Å². The predicted octanol–water partition coefficient (Wildman–Crippen LogP) is 2.30. The Labute approximate surface area is 78.2 Å². The van der Waals surface area contributed by atoms with Crippen LogP contribution >= 0.6 is 0 Å². The summed E-state index contributed by atoms with van der Waals surface area (Å²) in [5.74, 6) is 0.313. The molecule has 1 aromatic rings. The van der Waals surface area contributed by atoms with Crippen LogP contribution in [0.2, 0.25) is 0 Å². The maximum absolute atomic E-state index is 10.0. The first-order valence-electron chi connectivity index (χ1n) is 4.54. The highest BCUT2D eigenvalue weighted by Crippen LogP contribution is 2.13. The molecule has 0 saturated heterocycles. The lowest BCUT2D eigenvalue weighted by Gasteiger charge is -2.00. The molecule has 0 bridgehead atoms. The molecule has 0 fully saturated rings. The van der Waals surface area contributed by atoms with Gasteiger partial charge in [-0.05, 0) is 37.0 Å². The van der Waals surface area contributed by atoms with E-state index >= 15 is 0 Å². The highest BCUT2D eigenvalue weighted by Gasteiger charge is 1.94. The SMILES string of the molecule is O=CCCCCc1cccc(O)c1. The standard InChI is InChI=1S/C11H14O2/c12-8-3-1-2-5-10-6-4-7-11(13)9-10/h4,6-9,13H,1-3,5H2. The molecule has 1 rings (SSSR count). The Balaban J connectivity index is 2.32. The molecule has 1 N–H and O–H groups in total. The maximum Gasteiger partial charge on any atom is 0.119 e. The summed E-state index contributed by atoms with van der Waals surface area (Å²) in [6.07, 6.45) is 4.45. The van der Waals surface area contributed by atoms with E-state index in [1.54, 1.807) is 12.1 Å². The van der Waals surface area contributed by atoms with E-state index in [-0.39, 0.29) is 0 Å². The number of phenolic OH excluding ortho intramolecular Hbond substituents is 1. The van der Waals surface area contributed by atoms with Crippen LogP contribution in [0.15, 0.2) is 24.3 Å². The lowest BCUT2D eigenvalue weighted by atomic mass is 10.1. The summed E-state index contributed by atoms with van der Waals surface area (Å²) >= 11 is 0. The molecular weight excluding hydrogens is 164 g/mol. The van der Waals surface area contributed by atoms with Gasteiger partial charge in [0.15, 0.2) is 0 Å². The number of aromatic hydroxyl groups is 1. The molecule has 1 aromatic carbocycles. The number of hydrogen-bond donors (Lipinski definition) is 1. The van der Waals surface area contributed by atoms with E-state index in [0.717, 1.165) is 31.1 Å². The van der Waals surface area contributed by atoms with Crippen molar-refractivity contribution >= 4 is 6.29 Å². The second-order valence-corrected chi connectivity index (χ2v) is 3.08. The first kappa shape index (κ1) is 9.78. The van der Waals surface area contributed by atoms with Gasteiger partial charge in [0.1, 0.15) is 12.0 Å². The van der Waals surface area contributed by atoms with Gasteiger partial charge in [-0.1, -0.05) is 12.1 Å². The first-order valence-corrected chi connectivity index (χ1v) is 4.54. The molecule has 0 radical (unpaired) electrons. The molecule has 0 atom stereocenters. The smallest absolute Gasteiger partial charge is 0.119 e. The van der Waals surface area contributed by atoms with Crippen molar-refractivity contribution < 1.29 is 9.90 Å². The van der Waals surface area contributed by atoms with E-state index in [1.165, 1.54) is 0 Å². The van der Waals surface area contributed by atoms with Crippen LogP contribution in [0.5, 0.6) is 5.75 Å². The molecule has 0 spiro atoms. The predicted molar refractivity (Wildman–Crippen MR) is 51.7 cm³/mol. The second-order valence-electron chi connectivity index (χ2n) is 3.08. The molecule has 70 valence electrons. The minimum absolute atomic E-state index is 0.313. The van der Waals surface area contributed by atoms with Crippen LogP contribution < -0.4 is 0 Å². The number of carbonyl (C=O) groups is 1. The molecule has 0 aliphatic carbocycles. The van der Waals surface area contributed by atoms with Gasteiger partial charge in [0, 0.05) is 6.42 Å². The highest BCUT2D eigenvalue weighted by atomic mass is 16.3. The van der Waals surface area contributed by atoms with Crippen molar-refractivity contribution in [1.82, 2.24) is 0 Å². The average molecular weight is 178 g/mol. The molecular formula is C11H14O2. The van der Waals surface area contributed by atoms with Gasteiger partial charge in [0.2, 0.25) is 0 Å². The molecule has 0 heterocycles. The molecule has 0 unspecified atom stereocenters. The van der Waals surface area contributed by atoms with Crippen molar-refractivity contribution in [1.29, 1.82) is 0 Å². The third-order valence-corrected chi connectivity index (χ3v) is 1.95. The third kappa shape index (κ3) is 3.74. The topological polar surface area (TPSA) is 37.3 Å². The summed E-state index contributed by atoms with van der Waals surface area (Å²) in [6, 6.07) is 7.25. The fourth-order valence-electron chi connectivity index (χ4n) is 1.27. The van der Waals surface area contributed by atoms with Crippen LogP contribution in [-0.2, 0) is 11.2 Å². The van der Waals surface area contributed by atoms with Crippen molar-refractivity contribution in [3.63, 3.8) is 0 Å². The van der Waals surface area contributed by atoms with E-state index in [2.05, 4.69) is 0 Å². The summed E-state index contributed by atoms with van der Waals surface area (Å²) in [7, 11) is 0. The molecule has 0 aliphatic rings. The number of phenols is 1. The van der Waals surface area contributed by atoms with Crippen LogP contribution in [0, 0.1) is 0 Å². The fourth-order valence-corrected chi connectivity index (χ4v) is 1.27. The number of hydrogen-bond acceptors (Lipinski definition) is 2. The summed E-state index contributed by atoms with van der Waals surface area (Å²) in [4.78, 5) is 10.0. The van der Waals surface area contributed by atoms with Crippen molar-refractivity contribution in [2.45, 2.75) is 25.7 Å². The van der Waals surface area contributed by atoms with Gasteiger partial charge in [-0.2, -0.15) is 0 Å². The van der Waals surface area contributed by atoms with Gasteiger partial charge in [-0.3, -0.25) is 0 Å². The van der Waals surface area contributed by atoms with E-state index in [9.17, 15) is 4.79 Å². The normalized spacial score (nSPS) is 9.85. The average Bonchev–Trinajstić information content (AvgIpc) is 2.13. The van der Waals surface area contributed by atoms with Crippen molar-refractivity contribution in [3.05, 3.63) is 29.8 Å². The summed E-state index contributed by atoms with van der Waals surface area (Å²) in [6.45, 7) is 0. The highest BCUT2D eigenvalue weighted by molar-refractivity contribution is 5.48. The van der Waals surface area contributed by atoms with Crippen LogP contribution in [0.25, 0.3) is 0 Å². The monoisotopic (exact) mass is 178 g/mol. The maximum atomic E-state index is 10.0. The van der Waals surface area contributed by atoms with Gasteiger partial charge < -0.3 is 9.90 Å². The largest absolute Gasteiger partial charge is 0.508 e. The number of carbonyl (C=O) groups excluding carboxylic acids is 1. The first-order chi connectivity index (χ1) is 6.33. The number of unbranched alkanes of at least 4 members (excludes halogenated alkanes) is 2. The lowest BCUT2D eigenvalue weighted by Crippen LogP contribution is -1.85. The van der Waals surface area contributed by atoms with Crippen LogP contribution in [0.3, 0.4) is 0 Å². The van der Waals surface area contributed by atoms with Gasteiger partial charge in [0.05, 0.1) is 0 Å². The van der Waals surface area contributed by atoms with E-state index < -0.39 is 0 Å². The minimum atomic E-state index is 0.313. The molecule has 2 heteroatoms. The Kier molecular flexibility index (Phi) is 4.03. The minimum Gasteiger partial charge on any atom is -0.508 e. The zero-order valence-electron chi connectivity index (χ0n) is 7.57. The molecule has 13 heavy (non-hydrogen) atoms. The van der Waals surface area contributed by atoms with Crippen molar-refractivity contribution in [2.75, 3.05) is 0 Å². The number of aldehydes is 1. The third-order valence-electron chi connectivity index (χ3n) is 1.95. The molecule has 0 amide bonds. The quantitative estimate of drug-likeness (QED) is 0.555. The van der Waals surface area contributed by atoms with E-state index in [0.29, 0.717) is 12.2 Å². The van der Waals surface area contributed by atoms with Gasteiger partial charge in [-0.15, -0.1) is 0 Å². The second kappa shape index (κ2) is 5.36. The lowest BCUT2D eigenvalue weighted by molar-refractivity contribution is -0.107. The van der Waals surface area contributed by atoms with Crippen molar-refractivity contribution in [2.24, 2.45) is 0 Å². The molecule has 2 nitrogen and oxygen atoms in total. The zero-order valence-corrected chi connectivity index (χ0v) is 7.57.